The monoisotopic (exact) mass is 540 g/mol. The quantitative estimate of drug-likeness (QED) is 0.302. The number of carbonyl (C=O) groups is 3. The van der Waals surface area contributed by atoms with E-state index in [0.717, 1.165) is 19.3 Å². The van der Waals surface area contributed by atoms with Gasteiger partial charge in [0.15, 0.2) is 5.78 Å². The zero-order valence-corrected chi connectivity index (χ0v) is 24.4. The van der Waals surface area contributed by atoms with Crippen molar-refractivity contribution >= 4 is 17.7 Å². The van der Waals surface area contributed by atoms with Crippen LogP contribution in [0.15, 0.2) is 24.3 Å². The van der Waals surface area contributed by atoms with Crippen LogP contribution in [0.4, 0.5) is 0 Å². The number of epoxide rings is 1. The molecule has 13 atom stereocenters. The normalized spacial score (nSPS) is 50.2. The van der Waals surface area contributed by atoms with Crippen LogP contribution in [-0.4, -0.2) is 53.3 Å². The Hall–Kier alpha value is -1.99. The van der Waals surface area contributed by atoms with Gasteiger partial charge in [0.05, 0.1) is 12.2 Å². The van der Waals surface area contributed by atoms with Crippen LogP contribution in [0, 0.1) is 51.2 Å². The molecule has 1 N–H and O–H groups in total. The van der Waals surface area contributed by atoms with Crippen LogP contribution in [0.1, 0.15) is 74.1 Å². The largest absolute Gasteiger partial charge is 0.462 e. The number of aliphatic hydroxyl groups is 1. The number of hydrogen-bond acceptors (Lipinski definition) is 7. The lowest BCUT2D eigenvalue weighted by molar-refractivity contribution is -0.154. The van der Waals surface area contributed by atoms with Crippen LogP contribution in [0.2, 0.25) is 0 Å². The molecule has 1 saturated heterocycles. The number of Topliss-reactive ketones (excluding diaryl/α,β-unsaturated/α-hetero) is 1. The van der Waals surface area contributed by atoms with Crippen LogP contribution in [0.25, 0.3) is 0 Å². The molecule has 214 valence electrons. The molecule has 0 aromatic heterocycles. The van der Waals surface area contributed by atoms with E-state index >= 15 is 0 Å². The molecule has 2 aliphatic heterocycles. The van der Waals surface area contributed by atoms with Crippen molar-refractivity contribution in [3.8, 4) is 0 Å². The third-order valence-corrected chi connectivity index (χ3v) is 12.7. The van der Waals surface area contributed by atoms with Crippen molar-refractivity contribution in [2.75, 3.05) is 0 Å². The fraction of sp³-hybridized carbons (Fsp3) is 0.781. The molecule has 5 fully saturated rings. The predicted octanol–water partition coefficient (Wildman–Crippen LogP) is 4.41. The minimum atomic E-state index is -1.21. The third-order valence-electron chi connectivity index (χ3n) is 12.7. The average Bonchev–Trinajstić information content (AvgIpc) is 3.73. The van der Waals surface area contributed by atoms with Gasteiger partial charge in [-0.2, -0.15) is 0 Å². The van der Waals surface area contributed by atoms with Gasteiger partial charge >= 0.3 is 11.9 Å². The Bertz CT molecular complexity index is 1170. The minimum Gasteiger partial charge on any atom is -0.462 e. The first-order chi connectivity index (χ1) is 18.1. The number of ether oxygens (including phenoxy) is 3. The lowest BCUT2D eigenvalue weighted by Gasteiger charge is -2.59. The first-order valence-corrected chi connectivity index (χ1v) is 14.8. The lowest BCUT2D eigenvalue weighted by atomic mass is 9.44. The molecule has 0 unspecified atom stereocenters. The van der Waals surface area contributed by atoms with Gasteiger partial charge in [0.2, 0.25) is 0 Å². The second-order valence-electron chi connectivity index (χ2n) is 14.5. The summed E-state index contributed by atoms with van der Waals surface area (Å²) in [7, 11) is 0. The number of esters is 2. The topological polar surface area (TPSA) is 102 Å². The molecular weight excluding hydrogens is 496 g/mol. The van der Waals surface area contributed by atoms with Gasteiger partial charge in [-0.3, -0.25) is 9.59 Å². The van der Waals surface area contributed by atoms with Gasteiger partial charge < -0.3 is 19.3 Å². The van der Waals surface area contributed by atoms with Gasteiger partial charge in [0, 0.05) is 36.2 Å². The maximum absolute atomic E-state index is 13.2. The molecule has 0 aromatic carbocycles. The van der Waals surface area contributed by atoms with Gasteiger partial charge in [0.1, 0.15) is 18.3 Å². The van der Waals surface area contributed by atoms with E-state index < -0.39 is 18.1 Å². The highest BCUT2D eigenvalue weighted by Gasteiger charge is 2.88. The van der Waals surface area contributed by atoms with Crippen molar-refractivity contribution in [1.82, 2.24) is 0 Å². The molecular formula is C32H44O7. The first kappa shape index (κ1) is 27.2. The van der Waals surface area contributed by atoms with E-state index in [1.165, 1.54) is 6.92 Å². The molecule has 4 saturated carbocycles. The van der Waals surface area contributed by atoms with Crippen LogP contribution in [-0.2, 0) is 28.6 Å². The van der Waals surface area contributed by atoms with Gasteiger partial charge in [-0.1, -0.05) is 47.3 Å². The van der Waals surface area contributed by atoms with Crippen LogP contribution < -0.4 is 0 Å². The van der Waals surface area contributed by atoms with E-state index in [1.54, 1.807) is 6.08 Å². The van der Waals surface area contributed by atoms with Gasteiger partial charge in [0.25, 0.3) is 0 Å². The fourth-order valence-electron chi connectivity index (χ4n) is 10.8. The summed E-state index contributed by atoms with van der Waals surface area (Å²) in [6.07, 6.45) is 5.60. The molecule has 7 heteroatoms. The number of ketones is 1. The van der Waals surface area contributed by atoms with Crippen molar-refractivity contribution < 1.29 is 33.7 Å². The Morgan fingerprint density at radius 3 is 2.49 bits per heavy atom. The SMILES string of the molecule is C=C(C(=O)[C@H](O)[C@@H](C)[C@H]1[C@@H](OC(C)=O)C[C@@]2(C)[C@@H]3[C@H]4O[C@H]4[C@H]4[C@H](C)OC(=O)C=C[C@@]45C[C@@]35CC[C@]12C)C(C)C. The van der Waals surface area contributed by atoms with E-state index in [9.17, 15) is 19.5 Å². The molecule has 4 aliphatic carbocycles. The van der Waals surface area contributed by atoms with E-state index in [-0.39, 0.29) is 81.4 Å². The Balaban J connectivity index is 1.40. The molecule has 0 radical (unpaired) electrons. The molecule has 2 spiro atoms. The molecule has 7 nitrogen and oxygen atoms in total. The van der Waals surface area contributed by atoms with Crippen molar-refractivity contribution in [3.05, 3.63) is 24.3 Å². The third kappa shape index (κ3) is 3.32. The predicted molar refractivity (Wildman–Crippen MR) is 143 cm³/mol. The number of aliphatic hydroxyl groups excluding tert-OH is 1. The molecule has 2 heterocycles. The number of carbonyl (C=O) groups excluding carboxylic acids is 3. The molecule has 0 amide bonds. The molecule has 6 rings (SSSR count). The Labute approximate surface area is 231 Å². The van der Waals surface area contributed by atoms with E-state index in [2.05, 4.69) is 26.5 Å². The average molecular weight is 541 g/mol. The fourth-order valence-corrected chi connectivity index (χ4v) is 10.8. The highest BCUT2D eigenvalue weighted by Crippen LogP contribution is 2.89. The minimum absolute atomic E-state index is 0.00159. The van der Waals surface area contributed by atoms with Gasteiger partial charge in [-0.05, 0) is 66.3 Å². The van der Waals surface area contributed by atoms with E-state index in [4.69, 9.17) is 14.2 Å². The number of hydrogen-bond donors (Lipinski definition) is 1. The highest BCUT2D eigenvalue weighted by atomic mass is 16.6. The van der Waals surface area contributed by atoms with E-state index in [1.807, 2.05) is 27.7 Å². The Morgan fingerprint density at radius 2 is 1.85 bits per heavy atom. The van der Waals surface area contributed by atoms with Crippen LogP contribution in [0.5, 0.6) is 0 Å². The standard InChI is InChI=1S/C32H44O7/c1-15(2)16(3)24(35)25(36)17(4)22-20(38-19(6)33)13-30(8)28-27-26(39-27)23-18(5)37-21(34)9-10-31(23)14-32(28,31)12-11-29(22,30)7/h9-10,15,17-18,20,22-23,25-28,36H,3,11-14H2,1-2,4-8H3/t17-,18-,20-,22-,23+,25+,26-,27-,28-,29+,30-,31+,32-/m0/s1. The molecule has 0 aromatic rings. The maximum Gasteiger partial charge on any atom is 0.330 e. The van der Waals surface area contributed by atoms with Crippen molar-refractivity contribution in [3.63, 3.8) is 0 Å². The van der Waals surface area contributed by atoms with Crippen molar-refractivity contribution in [2.45, 2.75) is 105 Å². The summed E-state index contributed by atoms with van der Waals surface area (Å²) in [4.78, 5) is 38.0. The zero-order chi connectivity index (χ0) is 28.4. The second-order valence-corrected chi connectivity index (χ2v) is 14.5. The summed E-state index contributed by atoms with van der Waals surface area (Å²) in [6.45, 7) is 17.8. The van der Waals surface area contributed by atoms with Crippen LogP contribution in [0.3, 0.4) is 0 Å². The molecule has 0 bridgehead atoms. The summed E-state index contributed by atoms with van der Waals surface area (Å²) in [5, 5.41) is 11.4. The van der Waals surface area contributed by atoms with Crippen LogP contribution >= 0.6 is 0 Å². The number of fused-ring (bicyclic) bond motifs is 5. The number of rotatable bonds is 6. The number of allylic oxidation sites excluding steroid dienone is 1. The first-order valence-electron chi connectivity index (χ1n) is 14.8. The Morgan fingerprint density at radius 1 is 1.15 bits per heavy atom. The highest BCUT2D eigenvalue weighted by molar-refractivity contribution is 5.98. The molecule has 6 aliphatic rings. The van der Waals surface area contributed by atoms with Crippen molar-refractivity contribution in [2.24, 2.45) is 51.2 Å². The summed E-state index contributed by atoms with van der Waals surface area (Å²) >= 11 is 0. The van der Waals surface area contributed by atoms with Gasteiger partial charge in [-0.15, -0.1) is 0 Å². The summed E-state index contributed by atoms with van der Waals surface area (Å²) in [5.41, 5.74) is -0.240. The summed E-state index contributed by atoms with van der Waals surface area (Å²) in [5.74, 6) is -1.23. The van der Waals surface area contributed by atoms with Crippen molar-refractivity contribution in [1.29, 1.82) is 0 Å². The Kier molecular flexibility index (Phi) is 5.77. The number of cyclic esters (lactones) is 1. The maximum atomic E-state index is 13.2. The smallest absolute Gasteiger partial charge is 0.330 e. The molecule has 39 heavy (non-hydrogen) atoms. The summed E-state index contributed by atoms with van der Waals surface area (Å²) < 4.78 is 18.3. The summed E-state index contributed by atoms with van der Waals surface area (Å²) in [6, 6.07) is 0. The van der Waals surface area contributed by atoms with Gasteiger partial charge in [-0.25, -0.2) is 4.79 Å². The lowest BCUT2D eigenvalue weighted by Crippen LogP contribution is -2.58. The zero-order valence-electron chi connectivity index (χ0n) is 24.4. The van der Waals surface area contributed by atoms with E-state index in [0.29, 0.717) is 12.0 Å². The second kappa shape index (κ2) is 8.28.